The van der Waals surface area contributed by atoms with Crippen molar-refractivity contribution in [2.75, 3.05) is 26.2 Å². The molecule has 0 saturated carbocycles. The Morgan fingerprint density at radius 3 is 2.22 bits per heavy atom. The normalized spacial score (nSPS) is 14.7. The van der Waals surface area contributed by atoms with Crippen molar-refractivity contribution in [1.29, 1.82) is 0 Å². The molecule has 5 nitrogen and oxygen atoms in total. The molecule has 0 unspecified atom stereocenters. The second kappa shape index (κ2) is 6.91. The lowest BCUT2D eigenvalue weighted by atomic mass is 10.2. The lowest BCUT2D eigenvalue weighted by Gasteiger charge is -2.34. The zero-order valence-corrected chi connectivity index (χ0v) is 14.1. The van der Waals surface area contributed by atoms with Crippen molar-refractivity contribution in [3.63, 3.8) is 0 Å². The fourth-order valence-corrected chi connectivity index (χ4v) is 2.97. The Morgan fingerprint density at radius 2 is 1.61 bits per heavy atom. The van der Waals surface area contributed by atoms with Gasteiger partial charge in [-0.2, -0.15) is 0 Å². The maximum absolute atomic E-state index is 12.5. The van der Waals surface area contributed by atoms with Gasteiger partial charge in [-0.1, -0.05) is 28.1 Å². The van der Waals surface area contributed by atoms with Crippen LogP contribution in [0.2, 0.25) is 0 Å². The molecule has 0 spiro atoms. The van der Waals surface area contributed by atoms with E-state index in [1.807, 2.05) is 18.2 Å². The summed E-state index contributed by atoms with van der Waals surface area (Å²) in [6, 6.07) is 12.6. The highest BCUT2D eigenvalue weighted by molar-refractivity contribution is 9.10. The number of rotatable bonds is 2. The molecule has 1 aromatic heterocycles. The predicted molar refractivity (Wildman–Crippen MR) is 90.2 cm³/mol. The fourth-order valence-electron chi connectivity index (χ4n) is 2.57. The molecule has 6 heteroatoms. The molecule has 0 radical (unpaired) electrons. The minimum absolute atomic E-state index is 0.00349. The van der Waals surface area contributed by atoms with Crippen LogP contribution in [0.25, 0.3) is 0 Å². The maximum Gasteiger partial charge on any atom is 0.272 e. The standard InChI is InChI=1S/C17H16BrN3O2/c18-14-5-3-4-13(12-14)16(22)20-8-10-21(11-9-20)17(23)15-6-1-2-7-19-15/h1-7,12H,8-11H2. The Morgan fingerprint density at radius 1 is 0.913 bits per heavy atom. The van der Waals surface area contributed by atoms with Crippen molar-refractivity contribution in [3.8, 4) is 0 Å². The molecule has 0 bridgehead atoms. The molecule has 2 aromatic rings. The Kier molecular flexibility index (Phi) is 4.71. The minimum atomic E-state index is -0.0832. The monoisotopic (exact) mass is 373 g/mol. The molecule has 118 valence electrons. The van der Waals surface area contributed by atoms with Crippen LogP contribution in [0.5, 0.6) is 0 Å². The van der Waals surface area contributed by atoms with Crippen molar-refractivity contribution in [2.24, 2.45) is 0 Å². The molecule has 1 fully saturated rings. The molecule has 2 heterocycles. The summed E-state index contributed by atoms with van der Waals surface area (Å²) in [6.45, 7) is 2.11. The molecular formula is C17H16BrN3O2. The molecule has 0 atom stereocenters. The lowest BCUT2D eigenvalue weighted by molar-refractivity contribution is 0.0532. The first-order chi connectivity index (χ1) is 11.1. The van der Waals surface area contributed by atoms with Crippen molar-refractivity contribution in [3.05, 3.63) is 64.4 Å². The third-order valence-electron chi connectivity index (χ3n) is 3.81. The second-order valence-electron chi connectivity index (χ2n) is 5.31. The van der Waals surface area contributed by atoms with Crippen LogP contribution in [0.15, 0.2) is 53.1 Å². The average Bonchev–Trinajstić information content (AvgIpc) is 2.61. The molecule has 1 aromatic carbocycles. The van der Waals surface area contributed by atoms with Crippen LogP contribution in [0, 0.1) is 0 Å². The largest absolute Gasteiger partial charge is 0.335 e. The summed E-state index contributed by atoms with van der Waals surface area (Å²) in [5.41, 5.74) is 1.10. The van der Waals surface area contributed by atoms with Gasteiger partial charge in [-0.3, -0.25) is 14.6 Å². The van der Waals surface area contributed by atoms with Crippen LogP contribution in [0.1, 0.15) is 20.8 Å². The van der Waals surface area contributed by atoms with E-state index < -0.39 is 0 Å². The van der Waals surface area contributed by atoms with Crippen LogP contribution >= 0.6 is 15.9 Å². The van der Waals surface area contributed by atoms with Gasteiger partial charge >= 0.3 is 0 Å². The molecule has 1 aliphatic rings. The molecule has 3 rings (SSSR count). The first-order valence-electron chi connectivity index (χ1n) is 7.40. The van der Waals surface area contributed by atoms with Gasteiger partial charge in [0.25, 0.3) is 11.8 Å². The van der Waals surface area contributed by atoms with Gasteiger partial charge in [0.2, 0.25) is 0 Å². The number of hydrogen-bond donors (Lipinski definition) is 0. The number of halogens is 1. The third-order valence-corrected chi connectivity index (χ3v) is 4.30. The fraction of sp³-hybridized carbons (Fsp3) is 0.235. The van der Waals surface area contributed by atoms with E-state index in [1.165, 1.54) is 0 Å². The van der Waals surface area contributed by atoms with E-state index in [1.54, 1.807) is 40.3 Å². The smallest absolute Gasteiger partial charge is 0.272 e. The van der Waals surface area contributed by atoms with Crippen molar-refractivity contribution >= 4 is 27.7 Å². The van der Waals surface area contributed by atoms with Gasteiger partial charge in [0, 0.05) is 42.4 Å². The van der Waals surface area contributed by atoms with Crippen LogP contribution in [-0.4, -0.2) is 52.8 Å². The van der Waals surface area contributed by atoms with Gasteiger partial charge in [0.15, 0.2) is 0 Å². The van der Waals surface area contributed by atoms with Crippen molar-refractivity contribution < 1.29 is 9.59 Å². The topological polar surface area (TPSA) is 53.5 Å². The first kappa shape index (κ1) is 15.7. The average molecular weight is 374 g/mol. The Hall–Kier alpha value is -2.21. The number of pyridine rings is 1. The zero-order valence-electron chi connectivity index (χ0n) is 12.5. The zero-order chi connectivity index (χ0) is 16.2. The van der Waals surface area contributed by atoms with E-state index >= 15 is 0 Å². The van der Waals surface area contributed by atoms with Crippen molar-refractivity contribution in [1.82, 2.24) is 14.8 Å². The highest BCUT2D eigenvalue weighted by Gasteiger charge is 2.25. The Labute approximate surface area is 143 Å². The number of aromatic nitrogens is 1. The van der Waals surface area contributed by atoms with Crippen LogP contribution in [0.4, 0.5) is 0 Å². The number of carbonyl (C=O) groups excluding carboxylic acids is 2. The molecular weight excluding hydrogens is 358 g/mol. The predicted octanol–water partition coefficient (Wildman–Crippen LogP) is 2.44. The molecule has 0 aliphatic carbocycles. The quantitative estimate of drug-likeness (QED) is 0.812. The SMILES string of the molecule is O=C(c1cccc(Br)c1)N1CCN(C(=O)c2ccccn2)CC1. The van der Waals surface area contributed by atoms with Gasteiger partial charge in [-0.15, -0.1) is 0 Å². The van der Waals surface area contributed by atoms with Crippen LogP contribution in [-0.2, 0) is 0 Å². The van der Waals surface area contributed by atoms with Crippen LogP contribution < -0.4 is 0 Å². The Balaban J connectivity index is 1.62. The van der Waals surface area contributed by atoms with E-state index in [2.05, 4.69) is 20.9 Å². The minimum Gasteiger partial charge on any atom is -0.335 e. The lowest BCUT2D eigenvalue weighted by Crippen LogP contribution is -2.50. The Bertz CT molecular complexity index is 713. The third kappa shape index (κ3) is 3.59. The molecule has 23 heavy (non-hydrogen) atoms. The number of amides is 2. The van der Waals surface area contributed by atoms with Gasteiger partial charge in [0.1, 0.15) is 5.69 Å². The number of nitrogens with zero attached hydrogens (tertiary/aromatic N) is 3. The maximum atomic E-state index is 12.5. The number of hydrogen-bond acceptors (Lipinski definition) is 3. The van der Waals surface area contributed by atoms with Gasteiger partial charge in [0.05, 0.1) is 0 Å². The molecule has 1 saturated heterocycles. The highest BCUT2D eigenvalue weighted by atomic mass is 79.9. The number of carbonyl (C=O) groups is 2. The molecule has 1 aliphatic heterocycles. The summed E-state index contributed by atoms with van der Waals surface area (Å²) in [5, 5.41) is 0. The first-order valence-corrected chi connectivity index (χ1v) is 8.19. The summed E-state index contributed by atoms with van der Waals surface area (Å²) >= 11 is 3.38. The van der Waals surface area contributed by atoms with E-state index in [0.29, 0.717) is 37.4 Å². The highest BCUT2D eigenvalue weighted by Crippen LogP contribution is 2.15. The summed E-state index contributed by atoms with van der Waals surface area (Å²) in [7, 11) is 0. The van der Waals surface area contributed by atoms with Gasteiger partial charge in [-0.05, 0) is 30.3 Å². The van der Waals surface area contributed by atoms with E-state index in [4.69, 9.17) is 0 Å². The molecule has 0 N–H and O–H groups in total. The van der Waals surface area contributed by atoms with E-state index in [-0.39, 0.29) is 11.8 Å². The summed E-state index contributed by atoms with van der Waals surface area (Å²) in [5.74, 6) is -0.0867. The second-order valence-corrected chi connectivity index (χ2v) is 6.23. The van der Waals surface area contributed by atoms with Crippen molar-refractivity contribution in [2.45, 2.75) is 0 Å². The summed E-state index contributed by atoms with van der Waals surface area (Å²) < 4.78 is 0.882. The van der Waals surface area contributed by atoms with E-state index in [0.717, 1.165) is 4.47 Å². The van der Waals surface area contributed by atoms with Gasteiger partial charge in [-0.25, -0.2) is 0 Å². The van der Waals surface area contributed by atoms with Gasteiger partial charge < -0.3 is 9.80 Å². The molecule has 2 amide bonds. The van der Waals surface area contributed by atoms with E-state index in [9.17, 15) is 9.59 Å². The summed E-state index contributed by atoms with van der Waals surface area (Å²) in [4.78, 5) is 32.4. The number of benzene rings is 1. The summed E-state index contributed by atoms with van der Waals surface area (Å²) in [6.07, 6.45) is 1.61. The number of piperazine rings is 1. The van der Waals surface area contributed by atoms with Crippen LogP contribution in [0.3, 0.4) is 0 Å².